The fourth-order valence-electron chi connectivity index (χ4n) is 1.95. The lowest BCUT2D eigenvalue weighted by atomic mass is 10.1. The minimum Gasteiger partial charge on any atom is -0.508 e. The quantitative estimate of drug-likeness (QED) is 0.561. The molecule has 0 saturated heterocycles. The Labute approximate surface area is 91.0 Å². The summed E-state index contributed by atoms with van der Waals surface area (Å²) in [6, 6.07) is 12.3. The van der Waals surface area contributed by atoms with E-state index in [2.05, 4.69) is 4.98 Å². The predicted molar refractivity (Wildman–Crippen MR) is 63.7 cm³/mol. The number of benzene rings is 2. The molecule has 3 nitrogen and oxygen atoms in total. The molecular weight excluding hydrogens is 202 g/mol. The summed E-state index contributed by atoms with van der Waals surface area (Å²) in [5.41, 5.74) is 0.664. The molecule has 16 heavy (non-hydrogen) atoms. The van der Waals surface area contributed by atoms with Gasteiger partial charge < -0.3 is 10.1 Å². The summed E-state index contributed by atoms with van der Waals surface area (Å²) in [6.45, 7) is 0. The zero-order chi connectivity index (χ0) is 11.1. The molecule has 0 unspecified atom stereocenters. The maximum atomic E-state index is 11.2. The highest BCUT2D eigenvalue weighted by atomic mass is 16.3. The summed E-state index contributed by atoms with van der Waals surface area (Å²) in [5.74, 6) is 0.228. The fraction of sp³-hybridized carbons (Fsp3) is 0. The van der Waals surface area contributed by atoms with E-state index in [9.17, 15) is 9.90 Å². The molecular formula is C13H9NO2. The summed E-state index contributed by atoms with van der Waals surface area (Å²) in [6.07, 6.45) is 0. The number of phenolic OH excluding ortho intramolecular Hbond substituents is 1. The number of H-pyrrole nitrogens is 1. The van der Waals surface area contributed by atoms with Gasteiger partial charge in [-0.15, -0.1) is 0 Å². The molecule has 1 aromatic heterocycles. The molecule has 2 N–H and O–H groups in total. The maximum absolute atomic E-state index is 11.2. The van der Waals surface area contributed by atoms with Crippen molar-refractivity contribution in [3.05, 3.63) is 52.8 Å². The first-order chi connectivity index (χ1) is 7.74. The first-order valence-electron chi connectivity index (χ1n) is 4.99. The third-order valence-electron chi connectivity index (χ3n) is 2.71. The van der Waals surface area contributed by atoms with Crippen LogP contribution in [0, 0.1) is 0 Å². The average molecular weight is 211 g/mol. The van der Waals surface area contributed by atoms with Gasteiger partial charge in [-0.2, -0.15) is 0 Å². The minimum atomic E-state index is -0.119. The molecule has 0 atom stereocenters. The Morgan fingerprint density at radius 2 is 1.75 bits per heavy atom. The van der Waals surface area contributed by atoms with Crippen LogP contribution in [-0.2, 0) is 0 Å². The number of aromatic amines is 1. The van der Waals surface area contributed by atoms with Crippen LogP contribution in [0.25, 0.3) is 21.7 Å². The minimum absolute atomic E-state index is 0.119. The first kappa shape index (κ1) is 8.97. The van der Waals surface area contributed by atoms with Crippen molar-refractivity contribution in [2.45, 2.75) is 0 Å². The van der Waals surface area contributed by atoms with Crippen LogP contribution < -0.4 is 5.56 Å². The monoisotopic (exact) mass is 211 g/mol. The van der Waals surface area contributed by atoms with Crippen molar-refractivity contribution in [3.8, 4) is 5.75 Å². The second-order valence-electron chi connectivity index (χ2n) is 3.75. The van der Waals surface area contributed by atoms with Crippen molar-refractivity contribution in [1.29, 1.82) is 0 Å². The number of fused-ring (bicyclic) bond motifs is 3. The molecule has 2 aromatic carbocycles. The number of hydrogen-bond acceptors (Lipinski definition) is 2. The van der Waals surface area contributed by atoms with Crippen LogP contribution in [0.15, 0.2) is 47.3 Å². The highest BCUT2D eigenvalue weighted by Crippen LogP contribution is 2.26. The van der Waals surface area contributed by atoms with Gasteiger partial charge in [0.2, 0.25) is 5.56 Å². The van der Waals surface area contributed by atoms with Gasteiger partial charge in [-0.3, -0.25) is 4.79 Å². The largest absolute Gasteiger partial charge is 0.508 e. The lowest BCUT2D eigenvalue weighted by Crippen LogP contribution is -2.02. The smallest absolute Gasteiger partial charge is 0.248 e. The first-order valence-corrected chi connectivity index (χ1v) is 4.99. The molecule has 0 spiro atoms. The number of rotatable bonds is 0. The molecule has 0 bridgehead atoms. The number of aromatic nitrogens is 1. The van der Waals surface area contributed by atoms with E-state index in [0.29, 0.717) is 0 Å². The van der Waals surface area contributed by atoms with Gasteiger partial charge in [0, 0.05) is 17.0 Å². The molecule has 3 aromatic rings. The molecule has 1 heterocycles. The van der Waals surface area contributed by atoms with Gasteiger partial charge in [-0.25, -0.2) is 0 Å². The van der Waals surface area contributed by atoms with E-state index in [0.717, 1.165) is 21.7 Å². The normalized spacial score (nSPS) is 11.0. The number of hydrogen-bond donors (Lipinski definition) is 2. The van der Waals surface area contributed by atoms with Crippen LogP contribution in [0.2, 0.25) is 0 Å². The third-order valence-corrected chi connectivity index (χ3v) is 2.71. The Hall–Kier alpha value is -2.29. The van der Waals surface area contributed by atoms with Crippen LogP contribution in [-0.4, -0.2) is 10.1 Å². The Balaban J connectivity index is 2.57. The molecule has 3 heteroatoms. The molecule has 3 rings (SSSR count). The summed E-state index contributed by atoms with van der Waals surface area (Å²) in [7, 11) is 0. The summed E-state index contributed by atoms with van der Waals surface area (Å²) in [5, 5.41) is 12.4. The molecule has 78 valence electrons. The Morgan fingerprint density at radius 1 is 0.938 bits per heavy atom. The number of pyridine rings is 1. The molecule has 0 aliphatic carbocycles. The van der Waals surface area contributed by atoms with E-state index in [-0.39, 0.29) is 11.3 Å². The van der Waals surface area contributed by atoms with Crippen molar-refractivity contribution < 1.29 is 5.11 Å². The zero-order valence-electron chi connectivity index (χ0n) is 8.40. The van der Waals surface area contributed by atoms with Gasteiger partial charge in [0.1, 0.15) is 5.75 Å². The fourth-order valence-corrected chi connectivity index (χ4v) is 1.95. The Kier molecular flexibility index (Phi) is 1.74. The second kappa shape index (κ2) is 3.10. The van der Waals surface area contributed by atoms with E-state index in [1.54, 1.807) is 18.2 Å². The van der Waals surface area contributed by atoms with Gasteiger partial charge in [-0.05, 0) is 35.0 Å². The third kappa shape index (κ3) is 1.26. The summed E-state index contributed by atoms with van der Waals surface area (Å²) >= 11 is 0. The van der Waals surface area contributed by atoms with E-state index in [1.807, 2.05) is 18.2 Å². The maximum Gasteiger partial charge on any atom is 0.248 e. The molecule has 0 radical (unpaired) electrons. The van der Waals surface area contributed by atoms with E-state index in [4.69, 9.17) is 0 Å². The average Bonchev–Trinajstić information content (AvgIpc) is 2.28. The van der Waals surface area contributed by atoms with E-state index < -0.39 is 0 Å². The second-order valence-corrected chi connectivity index (χ2v) is 3.75. The van der Waals surface area contributed by atoms with Gasteiger partial charge in [-0.1, -0.05) is 12.1 Å². The lowest BCUT2D eigenvalue weighted by Gasteiger charge is -2.03. The number of aromatic hydroxyl groups is 1. The van der Waals surface area contributed by atoms with Gasteiger partial charge >= 0.3 is 0 Å². The topological polar surface area (TPSA) is 53.1 Å². The van der Waals surface area contributed by atoms with E-state index in [1.165, 1.54) is 6.07 Å². The van der Waals surface area contributed by atoms with Crippen molar-refractivity contribution in [2.24, 2.45) is 0 Å². The van der Waals surface area contributed by atoms with Crippen LogP contribution >= 0.6 is 0 Å². The van der Waals surface area contributed by atoms with Crippen LogP contribution in [0.4, 0.5) is 0 Å². The highest BCUT2D eigenvalue weighted by molar-refractivity contribution is 6.06. The highest BCUT2D eigenvalue weighted by Gasteiger charge is 2.01. The summed E-state index contributed by atoms with van der Waals surface area (Å²) in [4.78, 5) is 13.9. The summed E-state index contributed by atoms with van der Waals surface area (Å²) < 4.78 is 0. The van der Waals surface area contributed by atoms with Crippen LogP contribution in [0.1, 0.15) is 0 Å². The molecule has 0 saturated carbocycles. The lowest BCUT2D eigenvalue weighted by molar-refractivity contribution is 0.476. The van der Waals surface area contributed by atoms with Gasteiger partial charge in [0.25, 0.3) is 0 Å². The van der Waals surface area contributed by atoms with Crippen molar-refractivity contribution >= 4 is 21.7 Å². The standard InChI is InChI=1S/C13H9NO2/c15-9-3-1-8-2-5-12-10(11(8)7-9)4-6-13(16)14-12/h1-7,15H,(H,14,16). The van der Waals surface area contributed by atoms with Crippen LogP contribution in [0.3, 0.4) is 0 Å². The van der Waals surface area contributed by atoms with Crippen molar-refractivity contribution in [1.82, 2.24) is 4.98 Å². The SMILES string of the molecule is O=c1ccc2c(ccc3ccc(O)cc32)[nH]1. The molecule has 0 aliphatic heterocycles. The Morgan fingerprint density at radius 3 is 2.62 bits per heavy atom. The predicted octanol–water partition coefficient (Wildman–Crippen LogP) is 2.39. The van der Waals surface area contributed by atoms with Gasteiger partial charge in [0.15, 0.2) is 0 Å². The molecule has 0 fully saturated rings. The van der Waals surface area contributed by atoms with Gasteiger partial charge in [0.05, 0.1) is 0 Å². The molecule has 0 aliphatic rings. The molecule has 0 amide bonds. The number of nitrogens with one attached hydrogen (secondary N) is 1. The van der Waals surface area contributed by atoms with E-state index >= 15 is 0 Å². The van der Waals surface area contributed by atoms with Crippen molar-refractivity contribution in [2.75, 3.05) is 0 Å². The zero-order valence-corrected chi connectivity index (χ0v) is 8.40. The number of phenols is 1. The Bertz CT molecular complexity index is 744. The van der Waals surface area contributed by atoms with Crippen LogP contribution in [0.5, 0.6) is 5.75 Å². The van der Waals surface area contributed by atoms with Crippen molar-refractivity contribution in [3.63, 3.8) is 0 Å².